The normalized spacial score (nSPS) is 9.85. The number of urea groups is 1. The molecule has 0 spiro atoms. The van der Waals surface area contributed by atoms with Crippen molar-refractivity contribution in [1.82, 2.24) is 9.97 Å². The molecule has 0 saturated heterocycles. The number of aromatic nitrogens is 2. The summed E-state index contributed by atoms with van der Waals surface area (Å²) in [4.78, 5) is 21.1. The van der Waals surface area contributed by atoms with Gasteiger partial charge < -0.3 is 17.2 Å². The van der Waals surface area contributed by atoms with Gasteiger partial charge in [0.05, 0.1) is 11.4 Å². The minimum Gasteiger partial charge on any atom is -0.382 e. The first-order valence-corrected chi connectivity index (χ1v) is 7.69. The summed E-state index contributed by atoms with van der Waals surface area (Å²) in [5.41, 5.74) is 19.4. The van der Waals surface area contributed by atoms with Crippen LogP contribution in [0.3, 0.4) is 0 Å². The van der Waals surface area contributed by atoms with Gasteiger partial charge >= 0.3 is 6.03 Å². The van der Waals surface area contributed by atoms with Crippen molar-refractivity contribution in [2.24, 2.45) is 5.73 Å². The van der Waals surface area contributed by atoms with E-state index in [0.29, 0.717) is 22.5 Å². The summed E-state index contributed by atoms with van der Waals surface area (Å²) in [6.07, 6.45) is 1.28. The lowest BCUT2D eigenvalue weighted by molar-refractivity contribution is 0.256. The van der Waals surface area contributed by atoms with Crippen LogP contribution < -0.4 is 22.1 Å². The van der Waals surface area contributed by atoms with Gasteiger partial charge in [0, 0.05) is 5.56 Å². The molecule has 0 saturated carbocycles. The molecule has 0 radical (unpaired) electrons. The third kappa shape index (κ3) is 3.55. The van der Waals surface area contributed by atoms with Gasteiger partial charge in [-0.3, -0.25) is 4.90 Å². The Morgan fingerprint density at radius 2 is 1.54 bits per heavy atom. The van der Waals surface area contributed by atoms with E-state index in [0.717, 1.165) is 0 Å². The first kappa shape index (κ1) is 16.8. The molecule has 0 aliphatic heterocycles. The van der Waals surface area contributed by atoms with Crippen molar-refractivity contribution in [3.8, 4) is 11.8 Å². The predicted octanol–water partition coefficient (Wildman–Crippen LogP) is 2.26. The van der Waals surface area contributed by atoms with Crippen LogP contribution in [0.1, 0.15) is 11.1 Å². The molecule has 1 aromatic heterocycles. The van der Waals surface area contributed by atoms with E-state index >= 15 is 0 Å². The van der Waals surface area contributed by atoms with Gasteiger partial charge in [0.1, 0.15) is 23.5 Å². The van der Waals surface area contributed by atoms with Crippen LogP contribution in [0.15, 0.2) is 60.9 Å². The predicted molar refractivity (Wildman–Crippen MR) is 101 cm³/mol. The van der Waals surface area contributed by atoms with Crippen LogP contribution in [0, 0.1) is 11.8 Å². The van der Waals surface area contributed by atoms with Gasteiger partial charge in [-0.15, -0.1) is 0 Å². The summed E-state index contributed by atoms with van der Waals surface area (Å²) in [5, 5.41) is 0. The molecule has 7 nitrogen and oxygen atoms in total. The lowest BCUT2D eigenvalue weighted by Gasteiger charge is -2.20. The summed E-state index contributed by atoms with van der Waals surface area (Å²) < 4.78 is 0. The Bertz CT molecular complexity index is 987. The Kier molecular flexibility index (Phi) is 4.67. The summed E-state index contributed by atoms with van der Waals surface area (Å²) in [5.74, 6) is 6.26. The zero-order valence-electron chi connectivity index (χ0n) is 13.8. The van der Waals surface area contributed by atoms with E-state index in [-0.39, 0.29) is 11.6 Å². The Balaban J connectivity index is 1.99. The smallest absolute Gasteiger partial charge is 0.323 e. The molecule has 0 bridgehead atoms. The molecule has 3 rings (SSSR count). The third-order valence-corrected chi connectivity index (χ3v) is 3.58. The number of nitrogen functional groups attached to an aromatic ring is 2. The van der Waals surface area contributed by atoms with E-state index in [1.807, 2.05) is 18.2 Å². The molecule has 2 aromatic carbocycles. The van der Waals surface area contributed by atoms with Gasteiger partial charge in [-0.05, 0) is 30.3 Å². The summed E-state index contributed by atoms with van der Waals surface area (Å²) in [6.45, 7) is 0. The Morgan fingerprint density at radius 1 is 0.885 bits per heavy atom. The molecule has 0 fully saturated rings. The Labute approximate surface area is 150 Å². The number of rotatable bonds is 2. The highest BCUT2D eigenvalue weighted by atomic mass is 16.2. The van der Waals surface area contributed by atoms with Crippen LogP contribution in [0.4, 0.5) is 27.8 Å². The fourth-order valence-corrected chi connectivity index (χ4v) is 2.38. The number of primary amides is 1. The van der Waals surface area contributed by atoms with E-state index in [1.165, 1.54) is 11.2 Å². The number of carbonyl (C=O) groups excluding carboxylic acids is 1. The van der Waals surface area contributed by atoms with E-state index < -0.39 is 6.03 Å². The number of hydrogen-bond donors (Lipinski definition) is 3. The third-order valence-electron chi connectivity index (χ3n) is 3.58. The number of para-hydroxylation sites is 1. The highest BCUT2D eigenvalue weighted by Crippen LogP contribution is 2.25. The zero-order valence-corrected chi connectivity index (χ0v) is 13.8. The minimum atomic E-state index is -0.591. The monoisotopic (exact) mass is 344 g/mol. The molecule has 6 N–H and O–H groups in total. The second-order valence-electron chi connectivity index (χ2n) is 5.33. The molecule has 1 heterocycles. The molecule has 0 unspecified atom stereocenters. The minimum absolute atomic E-state index is 0.212. The molecular weight excluding hydrogens is 328 g/mol. The van der Waals surface area contributed by atoms with Gasteiger partial charge in [-0.1, -0.05) is 36.1 Å². The second kappa shape index (κ2) is 7.23. The van der Waals surface area contributed by atoms with Crippen molar-refractivity contribution in [2.45, 2.75) is 0 Å². The largest absolute Gasteiger partial charge is 0.382 e. The van der Waals surface area contributed by atoms with E-state index in [9.17, 15) is 4.79 Å². The van der Waals surface area contributed by atoms with Crippen LogP contribution in [0.25, 0.3) is 0 Å². The maximum absolute atomic E-state index is 11.9. The van der Waals surface area contributed by atoms with Crippen molar-refractivity contribution in [1.29, 1.82) is 0 Å². The fraction of sp³-hybridized carbons (Fsp3) is 0. The molecule has 0 aliphatic carbocycles. The van der Waals surface area contributed by atoms with Crippen LogP contribution in [0.5, 0.6) is 0 Å². The van der Waals surface area contributed by atoms with Crippen molar-refractivity contribution in [3.05, 3.63) is 72.1 Å². The van der Waals surface area contributed by atoms with Gasteiger partial charge in [-0.25, -0.2) is 14.8 Å². The lowest BCUT2D eigenvalue weighted by Crippen LogP contribution is -2.31. The van der Waals surface area contributed by atoms with Crippen LogP contribution in [0.2, 0.25) is 0 Å². The second-order valence-corrected chi connectivity index (χ2v) is 5.33. The average Bonchev–Trinajstić information content (AvgIpc) is 2.62. The number of anilines is 4. The average molecular weight is 344 g/mol. The summed E-state index contributed by atoms with van der Waals surface area (Å²) in [7, 11) is 0. The number of carbonyl (C=O) groups is 1. The maximum Gasteiger partial charge on any atom is 0.323 e. The first-order valence-electron chi connectivity index (χ1n) is 7.69. The van der Waals surface area contributed by atoms with Gasteiger partial charge in [0.2, 0.25) is 0 Å². The first-order chi connectivity index (χ1) is 12.6. The van der Waals surface area contributed by atoms with Crippen molar-refractivity contribution >= 4 is 29.0 Å². The lowest BCUT2D eigenvalue weighted by atomic mass is 10.1. The van der Waals surface area contributed by atoms with Crippen molar-refractivity contribution < 1.29 is 4.79 Å². The Morgan fingerprint density at radius 3 is 2.19 bits per heavy atom. The van der Waals surface area contributed by atoms with Crippen LogP contribution in [-0.2, 0) is 0 Å². The number of nitrogens with zero attached hydrogens (tertiary/aromatic N) is 3. The number of nitrogens with two attached hydrogens (primary N) is 3. The van der Waals surface area contributed by atoms with E-state index in [4.69, 9.17) is 17.2 Å². The number of amides is 2. The SMILES string of the molecule is NC(=O)N(c1ccccc1)c1cccc(C#Cc2c(N)ncnc2N)c1. The summed E-state index contributed by atoms with van der Waals surface area (Å²) >= 11 is 0. The molecule has 3 aromatic rings. The van der Waals surface area contributed by atoms with E-state index in [2.05, 4.69) is 21.8 Å². The van der Waals surface area contributed by atoms with Crippen LogP contribution >= 0.6 is 0 Å². The standard InChI is InChI=1S/C19H16N6O/c20-17-16(18(21)24-12-23-17)10-9-13-5-4-8-15(11-13)25(19(22)26)14-6-2-1-3-7-14/h1-8,11-12H,(H2,22,26)(H4,20,21,23,24). The van der Waals surface area contributed by atoms with Crippen molar-refractivity contribution in [3.63, 3.8) is 0 Å². The summed E-state index contributed by atoms with van der Waals surface area (Å²) in [6, 6.07) is 15.6. The highest BCUT2D eigenvalue weighted by molar-refractivity contribution is 5.98. The molecule has 0 atom stereocenters. The van der Waals surface area contributed by atoms with Crippen LogP contribution in [-0.4, -0.2) is 16.0 Å². The molecule has 2 amide bonds. The van der Waals surface area contributed by atoms with Gasteiger partial charge in [0.15, 0.2) is 0 Å². The van der Waals surface area contributed by atoms with Gasteiger partial charge in [-0.2, -0.15) is 0 Å². The molecule has 128 valence electrons. The topological polar surface area (TPSA) is 124 Å². The Hall–Kier alpha value is -4.05. The van der Waals surface area contributed by atoms with Crippen molar-refractivity contribution in [2.75, 3.05) is 16.4 Å². The van der Waals surface area contributed by atoms with E-state index in [1.54, 1.807) is 36.4 Å². The number of benzene rings is 2. The number of hydrogen-bond acceptors (Lipinski definition) is 5. The molecule has 0 aliphatic rings. The van der Waals surface area contributed by atoms with Gasteiger partial charge in [0.25, 0.3) is 0 Å². The zero-order chi connectivity index (χ0) is 18.5. The molecule has 7 heteroatoms. The maximum atomic E-state index is 11.9. The quantitative estimate of drug-likeness (QED) is 0.615. The molecule has 26 heavy (non-hydrogen) atoms. The molecular formula is C19H16N6O. The fourth-order valence-electron chi connectivity index (χ4n) is 2.38. The highest BCUT2D eigenvalue weighted by Gasteiger charge is 2.14.